The molecule has 4 nitrogen and oxygen atoms in total. The number of phosphoric ester groups is 1. The molecule has 0 amide bonds. The standard InChI is InChI=1S/C6H9O4P/c1-4(2)6-5-3-8-11(7,9-5)10-6/h5H,3H2,1-2H3. The lowest BCUT2D eigenvalue weighted by Gasteiger charge is -2.11. The summed E-state index contributed by atoms with van der Waals surface area (Å²) in [5, 5.41) is 0. The molecule has 2 atom stereocenters. The average Bonchev–Trinajstić information content (AvgIpc) is 2.41. The maximum Gasteiger partial charge on any atom is 0.530 e. The molecular formula is C6H9O4P. The molecule has 2 aliphatic heterocycles. The second-order valence-corrected chi connectivity index (χ2v) is 4.34. The van der Waals surface area contributed by atoms with Gasteiger partial charge in [-0.3, -0.25) is 9.05 Å². The Labute approximate surface area is 64.8 Å². The summed E-state index contributed by atoms with van der Waals surface area (Å²) in [5.74, 6) is 0.680. The summed E-state index contributed by atoms with van der Waals surface area (Å²) < 4.78 is 26.0. The maximum atomic E-state index is 11.2. The van der Waals surface area contributed by atoms with Crippen LogP contribution in [0.2, 0.25) is 0 Å². The van der Waals surface area contributed by atoms with E-state index in [-0.39, 0.29) is 6.10 Å². The molecule has 2 bridgehead atoms. The minimum atomic E-state index is -3.14. The van der Waals surface area contributed by atoms with Crippen LogP contribution in [0, 0.1) is 0 Å². The molecule has 62 valence electrons. The summed E-state index contributed by atoms with van der Waals surface area (Å²) in [6, 6.07) is 0. The Morgan fingerprint density at radius 3 is 2.64 bits per heavy atom. The molecule has 0 aliphatic carbocycles. The lowest BCUT2D eigenvalue weighted by atomic mass is 10.2. The van der Waals surface area contributed by atoms with Gasteiger partial charge < -0.3 is 4.52 Å². The van der Waals surface area contributed by atoms with E-state index in [4.69, 9.17) is 13.6 Å². The van der Waals surface area contributed by atoms with Crippen LogP contribution >= 0.6 is 7.82 Å². The van der Waals surface area contributed by atoms with Crippen LogP contribution in [0.15, 0.2) is 11.3 Å². The van der Waals surface area contributed by atoms with E-state index in [9.17, 15) is 4.57 Å². The monoisotopic (exact) mass is 176 g/mol. The summed E-state index contributed by atoms with van der Waals surface area (Å²) in [4.78, 5) is 0. The van der Waals surface area contributed by atoms with Crippen LogP contribution in [0.5, 0.6) is 0 Å². The van der Waals surface area contributed by atoms with E-state index in [0.29, 0.717) is 12.4 Å². The molecule has 2 rings (SSSR count). The zero-order valence-corrected chi connectivity index (χ0v) is 7.26. The number of phosphoric acid groups is 1. The number of rotatable bonds is 0. The minimum Gasteiger partial charge on any atom is -0.406 e. The molecule has 0 radical (unpaired) electrons. The molecule has 0 aromatic heterocycles. The van der Waals surface area contributed by atoms with E-state index in [1.807, 2.05) is 13.8 Å². The normalized spacial score (nSPS) is 40.9. The SMILES string of the molecule is CC(C)=C1OP2(=O)OCC1O2. The first-order valence-corrected chi connectivity index (χ1v) is 4.87. The van der Waals surface area contributed by atoms with Crippen molar-refractivity contribution in [2.75, 3.05) is 6.61 Å². The molecule has 0 aromatic carbocycles. The summed E-state index contributed by atoms with van der Waals surface area (Å²) in [7, 11) is -3.14. The highest BCUT2D eigenvalue weighted by molar-refractivity contribution is 7.49. The molecule has 2 saturated heterocycles. The lowest BCUT2D eigenvalue weighted by molar-refractivity contribution is 0.216. The highest BCUT2D eigenvalue weighted by Gasteiger charge is 2.51. The maximum absolute atomic E-state index is 11.2. The first-order chi connectivity index (χ1) is 5.11. The third kappa shape index (κ3) is 1.02. The van der Waals surface area contributed by atoms with Gasteiger partial charge in [0.1, 0.15) is 5.76 Å². The fraction of sp³-hybridized carbons (Fsp3) is 0.667. The van der Waals surface area contributed by atoms with Gasteiger partial charge in [0.25, 0.3) is 0 Å². The van der Waals surface area contributed by atoms with Gasteiger partial charge in [0.15, 0.2) is 6.10 Å². The van der Waals surface area contributed by atoms with Crippen molar-refractivity contribution in [3.05, 3.63) is 11.3 Å². The number of hydrogen-bond donors (Lipinski definition) is 0. The molecule has 5 heteroatoms. The molecule has 0 N–H and O–H groups in total. The van der Waals surface area contributed by atoms with Crippen molar-refractivity contribution in [2.24, 2.45) is 0 Å². The van der Waals surface area contributed by atoms with Crippen LogP contribution in [-0.4, -0.2) is 12.7 Å². The van der Waals surface area contributed by atoms with E-state index in [1.165, 1.54) is 0 Å². The molecule has 0 spiro atoms. The second kappa shape index (κ2) is 2.09. The predicted molar refractivity (Wildman–Crippen MR) is 37.9 cm³/mol. The Hall–Kier alpha value is -0.310. The minimum absolute atomic E-state index is 0.231. The lowest BCUT2D eigenvalue weighted by Crippen LogP contribution is -2.12. The molecule has 2 unspecified atom stereocenters. The number of hydrogen-bond acceptors (Lipinski definition) is 4. The van der Waals surface area contributed by atoms with Gasteiger partial charge >= 0.3 is 7.82 Å². The van der Waals surface area contributed by atoms with Crippen LogP contribution in [0.3, 0.4) is 0 Å². The van der Waals surface area contributed by atoms with Gasteiger partial charge in [0, 0.05) is 0 Å². The van der Waals surface area contributed by atoms with Crippen molar-refractivity contribution in [3.8, 4) is 0 Å². The highest BCUT2D eigenvalue weighted by atomic mass is 31.2. The fourth-order valence-electron chi connectivity index (χ4n) is 1.14. The number of fused-ring (bicyclic) bond motifs is 2. The molecule has 0 aromatic rings. The van der Waals surface area contributed by atoms with Crippen molar-refractivity contribution in [1.82, 2.24) is 0 Å². The van der Waals surface area contributed by atoms with Gasteiger partial charge in [-0.1, -0.05) is 0 Å². The van der Waals surface area contributed by atoms with Gasteiger partial charge in [-0.25, -0.2) is 4.57 Å². The van der Waals surface area contributed by atoms with Crippen LogP contribution in [-0.2, 0) is 18.1 Å². The third-order valence-corrected chi connectivity index (χ3v) is 3.03. The van der Waals surface area contributed by atoms with Crippen LogP contribution in [0.25, 0.3) is 0 Å². The zero-order chi connectivity index (χ0) is 8.06. The third-order valence-electron chi connectivity index (χ3n) is 1.64. The van der Waals surface area contributed by atoms with Gasteiger partial charge in [0.2, 0.25) is 0 Å². The summed E-state index contributed by atoms with van der Waals surface area (Å²) >= 11 is 0. The smallest absolute Gasteiger partial charge is 0.406 e. The Kier molecular flexibility index (Phi) is 1.40. The molecule has 11 heavy (non-hydrogen) atoms. The van der Waals surface area contributed by atoms with Crippen molar-refractivity contribution < 1.29 is 18.1 Å². The fourth-order valence-corrected chi connectivity index (χ4v) is 2.62. The van der Waals surface area contributed by atoms with Gasteiger partial charge in [-0.05, 0) is 19.4 Å². The topological polar surface area (TPSA) is 44.8 Å². The molecule has 2 heterocycles. The van der Waals surface area contributed by atoms with E-state index in [1.54, 1.807) is 0 Å². The molecule has 2 aliphatic rings. The molecule has 0 saturated carbocycles. The predicted octanol–water partition coefficient (Wildman–Crippen LogP) is 1.83. The summed E-state index contributed by atoms with van der Waals surface area (Å²) in [6.45, 7) is 4.15. The Morgan fingerprint density at radius 1 is 1.64 bits per heavy atom. The van der Waals surface area contributed by atoms with Crippen LogP contribution < -0.4 is 0 Å². The first kappa shape index (κ1) is 7.35. The Morgan fingerprint density at radius 2 is 2.36 bits per heavy atom. The summed E-state index contributed by atoms with van der Waals surface area (Å²) in [6.07, 6.45) is -0.231. The van der Waals surface area contributed by atoms with Crippen molar-refractivity contribution in [2.45, 2.75) is 20.0 Å². The highest BCUT2D eigenvalue weighted by Crippen LogP contribution is 2.64. The zero-order valence-electron chi connectivity index (χ0n) is 6.36. The largest absolute Gasteiger partial charge is 0.530 e. The van der Waals surface area contributed by atoms with Gasteiger partial charge in [-0.15, -0.1) is 0 Å². The van der Waals surface area contributed by atoms with Crippen LogP contribution in [0.4, 0.5) is 0 Å². The van der Waals surface area contributed by atoms with E-state index < -0.39 is 7.82 Å². The Bertz CT molecular complexity index is 266. The Balaban J connectivity index is 2.36. The van der Waals surface area contributed by atoms with Crippen molar-refractivity contribution in [1.29, 1.82) is 0 Å². The van der Waals surface area contributed by atoms with Crippen LogP contribution in [0.1, 0.15) is 13.8 Å². The first-order valence-electron chi connectivity index (χ1n) is 3.41. The molecule has 2 fully saturated rings. The van der Waals surface area contributed by atoms with E-state index in [2.05, 4.69) is 0 Å². The van der Waals surface area contributed by atoms with E-state index >= 15 is 0 Å². The van der Waals surface area contributed by atoms with E-state index in [0.717, 1.165) is 5.57 Å². The summed E-state index contributed by atoms with van der Waals surface area (Å²) in [5.41, 5.74) is 0.996. The van der Waals surface area contributed by atoms with Gasteiger partial charge in [0.05, 0.1) is 6.61 Å². The average molecular weight is 176 g/mol. The molecular weight excluding hydrogens is 167 g/mol. The van der Waals surface area contributed by atoms with Gasteiger partial charge in [-0.2, -0.15) is 0 Å². The van der Waals surface area contributed by atoms with Crippen molar-refractivity contribution in [3.63, 3.8) is 0 Å². The second-order valence-electron chi connectivity index (χ2n) is 2.79. The number of allylic oxidation sites excluding steroid dienone is 1. The van der Waals surface area contributed by atoms with Crippen molar-refractivity contribution >= 4 is 7.82 Å². The quantitative estimate of drug-likeness (QED) is 0.528.